The summed E-state index contributed by atoms with van der Waals surface area (Å²) in [7, 11) is -3.19. The van der Waals surface area contributed by atoms with Gasteiger partial charge in [-0.3, -0.25) is 10.2 Å². The third-order valence-corrected chi connectivity index (χ3v) is 5.63. The fourth-order valence-corrected chi connectivity index (χ4v) is 3.84. The normalized spacial score (nSPS) is 11.0. The van der Waals surface area contributed by atoms with Crippen LogP contribution in [0.4, 0.5) is 5.69 Å². The molecule has 1 N–H and O–H groups in total. The SMILES string of the molecule is COC(=O)c1ccc(Oc2ccncc2)c(C)c1N(O)S(=O)(=O)c1ccccc1. The molecule has 29 heavy (non-hydrogen) atoms. The number of aromatic nitrogens is 1. The van der Waals surface area contributed by atoms with Crippen LogP contribution in [0.3, 0.4) is 0 Å². The zero-order chi connectivity index (χ0) is 21.0. The topological polar surface area (TPSA) is 106 Å². The molecule has 3 aromatic rings. The highest BCUT2D eigenvalue weighted by molar-refractivity contribution is 7.92. The molecular weight excluding hydrogens is 396 g/mol. The number of anilines is 1. The number of esters is 1. The van der Waals surface area contributed by atoms with Crippen molar-refractivity contribution in [1.29, 1.82) is 0 Å². The van der Waals surface area contributed by atoms with Crippen molar-refractivity contribution in [2.75, 3.05) is 11.6 Å². The Bertz CT molecular complexity index is 1120. The van der Waals surface area contributed by atoms with E-state index in [2.05, 4.69) is 4.98 Å². The number of sulfonamides is 1. The van der Waals surface area contributed by atoms with Gasteiger partial charge in [0.1, 0.15) is 17.2 Å². The van der Waals surface area contributed by atoms with Gasteiger partial charge >= 0.3 is 5.97 Å². The van der Waals surface area contributed by atoms with E-state index in [1.54, 1.807) is 18.2 Å². The second kappa shape index (κ2) is 8.29. The third-order valence-electron chi connectivity index (χ3n) is 4.12. The van der Waals surface area contributed by atoms with Crippen LogP contribution in [0.25, 0.3) is 0 Å². The van der Waals surface area contributed by atoms with Crippen LogP contribution in [-0.2, 0) is 14.8 Å². The minimum Gasteiger partial charge on any atom is -0.465 e. The Balaban J connectivity index is 2.14. The maximum absolute atomic E-state index is 12.9. The molecule has 0 aliphatic carbocycles. The molecule has 0 saturated carbocycles. The maximum Gasteiger partial charge on any atom is 0.340 e. The molecule has 0 fully saturated rings. The summed E-state index contributed by atoms with van der Waals surface area (Å²) in [5.74, 6) is -0.0997. The van der Waals surface area contributed by atoms with Crippen LogP contribution >= 0.6 is 0 Å². The Kier molecular flexibility index (Phi) is 5.81. The number of pyridine rings is 1. The summed E-state index contributed by atoms with van der Waals surface area (Å²) in [6.45, 7) is 1.53. The lowest BCUT2D eigenvalue weighted by Gasteiger charge is -2.23. The molecule has 0 amide bonds. The first kappa shape index (κ1) is 20.3. The molecule has 2 aromatic carbocycles. The van der Waals surface area contributed by atoms with Crippen LogP contribution in [0, 0.1) is 6.92 Å². The fourth-order valence-electron chi connectivity index (χ4n) is 2.66. The van der Waals surface area contributed by atoms with E-state index in [9.17, 15) is 18.4 Å². The molecule has 0 spiro atoms. The lowest BCUT2D eigenvalue weighted by molar-refractivity contribution is 0.0600. The van der Waals surface area contributed by atoms with Crippen LogP contribution in [0.5, 0.6) is 11.5 Å². The number of rotatable bonds is 6. The van der Waals surface area contributed by atoms with Crippen molar-refractivity contribution in [2.45, 2.75) is 11.8 Å². The molecule has 1 heterocycles. The van der Waals surface area contributed by atoms with Crippen molar-refractivity contribution in [1.82, 2.24) is 4.98 Å². The second-order valence-corrected chi connectivity index (χ2v) is 7.69. The molecule has 0 atom stereocenters. The zero-order valence-electron chi connectivity index (χ0n) is 15.6. The number of nitrogens with zero attached hydrogens (tertiary/aromatic N) is 2. The molecule has 1 aromatic heterocycles. The summed E-state index contributed by atoms with van der Waals surface area (Å²) in [5.41, 5.74) is -0.159. The Morgan fingerprint density at radius 2 is 1.69 bits per heavy atom. The van der Waals surface area contributed by atoms with E-state index in [1.165, 1.54) is 55.7 Å². The van der Waals surface area contributed by atoms with E-state index in [1.807, 2.05) is 0 Å². The van der Waals surface area contributed by atoms with Crippen molar-refractivity contribution in [2.24, 2.45) is 0 Å². The molecule has 150 valence electrons. The first-order valence-electron chi connectivity index (χ1n) is 8.45. The van der Waals surface area contributed by atoms with Gasteiger partial charge < -0.3 is 9.47 Å². The van der Waals surface area contributed by atoms with Gasteiger partial charge in [0, 0.05) is 18.0 Å². The standard InChI is InChI=1S/C20H18N2O6S/c1-14-18(28-15-10-12-21-13-11-15)9-8-17(20(23)27-2)19(14)22(24)29(25,26)16-6-4-3-5-7-16/h3-13,24H,1-2H3. The van der Waals surface area contributed by atoms with Gasteiger partial charge in [0.25, 0.3) is 10.0 Å². The van der Waals surface area contributed by atoms with Gasteiger partial charge in [-0.05, 0) is 43.3 Å². The van der Waals surface area contributed by atoms with E-state index in [0.717, 1.165) is 7.11 Å². The monoisotopic (exact) mass is 414 g/mol. The van der Waals surface area contributed by atoms with Gasteiger partial charge in [0.05, 0.1) is 17.6 Å². The van der Waals surface area contributed by atoms with Gasteiger partial charge in [-0.1, -0.05) is 18.2 Å². The number of carbonyl (C=O) groups excluding carboxylic acids is 1. The van der Waals surface area contributed by atoms with Crippen molar-refractivity contribution >= 4 is 21.7 Å². The molecule has 0 aliphatic heterocycles. The number of carbonyl (C=O) groups is 1. The minimum atomic E-state index is -4.35. The van der Waals surface area contributed by atoms with Crippen LogP contribution in [-0.4, -0.2) is 31.7 Å². The van der Waals surface area contributed by atoms with Crippen LogP contribution in [0.15, 0.2) is 71.9 Å². The van der Waals surface area contributed by atoms with Crippen molar-refractivity contribution in [3.63, 3.8) is 0 Å². The van der Waals surface area contributed by atoms with Crippen LogP contribution in [0.1, 0.15) is 15.9 Å². The zero-order valence-corrected chi connectivity index (χ0v) is 16.5. The second-order valence-electron chi connectivity index (χ2n) is 5.92. The molecule has 0 aliphatic rings. The summed E-state index contributed by atoms with van der Waals surface area (Å²) >= 11 is 0. The van der Waals surface area contributed by atoms with Gasteiger partial charge in [-0.25, -0.2) is 4.79 Å². The van der Waals surface area contributed by atoms with Gasteiger partial charge in [0.2, 0.25) is 0 Å². The number of methoxy groups -OCH3 is 1. The third kappa shape index (κ3) is 4.05. The summed E-state index contributed by atoms with van der Waals surface area (Å²) in [6.07, 6.45) is 3.07. The largest absolute Gasteiger partial charge is 0.465 e. The minimum absolute atomic E-state index is 0.0727. The highest BCUT2D eigenvalue weighted by Crippen LogP contribution is 2.36. The van der Waals surface area contributed by atoms with Crippen molar-refractivity contribution in [3.05, 3.63) is 78.1 Å². The quantitative estimate of drug-likeness (QED) is 0.486. The summed E-state index contributed by atoms with van der Waals surface area (Å²) in [6, 6.07) is 13.4. The molecule has 0 radical (unpaired) electrons. The molecule has 8 nitrogen and oxygen atoms in total. The molecule has 0 bridgehead atoms. The van der Waals surface area contributed by atoms with Gasteiger partial charge in [0.15, 0.2) is 0 Å². The Hall–Kier alpha value is -3.43. The van der Waals surface area contributed by atoms with E-state index in [-0.39, 0.29) is 31.9 Å². The number of benzene rings is 2. The lowest BCUT2D eigenvalue weighted by atomic mass is 10.1. The number of ether oxygens (including phenoxy) is 2. The van der Waals surface area contributed by atoms with Gasteiger partial charge in [-0.2, -0.15) is 8.42 Å². The highest BCUT2D eigenvalue weighted by atomic mass is 32.2. The fraction of sp³-hybridized carbons (Fsp3) is 0.100. The highest BCUT2D eigenvalue weighted by Gasteiger charge is 2.30. The van der Waals surface area contributed by atoms with Crippen LogP contribution < -0.4 is 9.21 Å². The lowest BCUT2D eigenvalue weighted by Crippen LogP contribution is -2.30. The number of hydrogen-bond donors (Lipinski definition) is 1. The Morgan fingerprint density at radius 1 is 1.03 bits per heavy atom. The maximum atomic E-state index is 12.9. The molecular formula is C20H18N2O6S. The molecule has 3 rings (SSSR count). The van der Waals surface area contributed by atoms with E-state index in [4.69, 9.17) is 9.47 Å². The van der Waals surface area contributed by atoms with E-state index < -0.39 is 16.0 Å². The smallest absolute Gasteiger partial charge is 0.340 e. The Labute approximate surface area is 168 Å². The number of hydrogen-bond acceptors (Lipinski definition) is 7. The average Bonchev–Trinajstić information content (AvgIpc) is 2.75. The predicted molar refractivity (Wildman–Crippen MR) is 105 cm³/mol. The first-order valence-corrected chi connectivity index (χ1v) is 9.89. The van der Waals surface area contributed by atoms with Crippen molar-refractivity contribution in [3.8, 4) is 11.5 Å². The van der Waals surface area contributed by atoms with Crippen LogP contribution in [0.2, 0.25) is 0 Å². The average molecular weight is 414 g/mol. The Morgan fingerprint density at radius 3 is 2.31 bits per heavy atom. The molecule has 9 heteroatoms. The molecule has 0 saturated heterocycles. The summed E-state index contributed by atoms with van der Waals surface area (Å²) in [5, 5.41) is 10.7. The van der Waals surface area contributed by atoms with E-state index in [0.29, 0.717) is 5.75 Å². The van der Waals surface area contributed by atoms with Crippen molar-refractivity contribution < 1.29 is 27.9 Å². The molecule has 0 unspecified atom stereocenters. The summed E-state index contributed by atoms with van der Waals surface area (Å²) in [4.78, 5) is 16.0. The van der Waals surface area contributed by atoms with E-state index >= 15 is 0 Å². The predicted octanol–water partition coefficient (Wildman–Crippen LogP) is 3.55. The van der Waals surface area contributed by atoms with Gasteiger partial charge in [-0.15, -0.1) is 4.47 Å². The first-order chi connectivity index (χ1) is 13.9. The summed E-state index contributed by atoms with van der Waals surface area (Å²) < 4.78 is 36.4.